The van der Waals surface area contributed by atoms with Gasteiger partial charge in [0.15, 0.2) is 0 Å². The molecule has 0 saturated carbocycles. The summed E-state index contributed by atoms with van der Waals surface area (Å²) in [5.41, 5.74) is 6.44. The van der Waals surface area contributed by atoms with Crippen LogP contribution < -0.4 is 5.73 Å². The fourth-order valence-corrected chi connectivity index (χ4v) is 2.60. The van der Waals surface area contributed by atoms with Gasteiger partial charge >= 0.3 is 70.4 Å². The third-order valence-corrected chi connectivity index (χ3v) is 3.48. The van der Waals surface area contributed by atoms with Crippen molar-refractivity contribution in [3.63, 3.8) is 0 Å². The zero-order valence-electron chi connectivity index (χ0n) is 6.16. The summed E-state index contributed by atoms with van der Waals surface area (Å²) in [5, 5.41) is 0. The van der Waals surface area contributed by atoms with Crippen LogP contribution in [0.25, 0.3) is 0 Å². The second-order valence-electron chi connectivity index (χ2n) is 2.13. The van der Waals surface area contributed by atoms with Crippen LogP contribution >= 0.6 is 0 Å². The summed E-state index contributed by atoms with van der Waals surface area (Å²) < 4.78 is 6.93. The van der Waals surface area contributed by atoms with E-state index in [2.05, 4.69) is 4.74 Å². The summed E-state index contributed by atoms with van der Waals surface area (Å²) >= 11 is 0.299. The third kappa shape index (κ3) is 2.10. The van der Waals surface area contributed by atoms with Crippen molar-refractivity contribution < 1.29 is 9.53 Å². The van der Waals surface area contributed by atoms with Crippen LogP contribution in [0.5, 0.6) is 0 Å². The molecule has 1 heterocycles. The van der Waals surface area contributed by atoms with E-state index in [0.717, 1.165) is 10.1 Å². The van der Waals surface area contributed by atoms with Gasteiger partial charge in [0.25, 0.3) is 0 Å². The van der Waals surface area contributed by atoms with Crippen LogP contribution in [0.1, 0.15) is 8.87 Å². The molecule has 0 unspecified atom stereocenters. The Hall–Kier alpha value is -0.731. The van der Waals surface area contributed by atoms with Gasteiger partial charge in [0, 0.05) is 0 Å². The number of nitrogens with two attached hydrogens (primary N) is 1. The first-order valence-electron chi connectivity index (χ1n) is 3.14. The zero-order chi connectivity index (χ0) is 8.27. The number of hydrogen-bond donors (Lipinski definition) is 1. The van der Waals surface area contributed by atoms with E-state index in [-0.39, 0.29) is 0 Å². The molecule has 1 aromatic heterocycles. The first-order valence-corrected chi connectivity index (χ1v) is 4.85. The summed E-state index contributed by atoms with van der Waals surface area (Å²) in [4.78, 5) is 9.84. The summed E-state index contributed by atoms with van der Waals surface area (Å²) in [6.45, 7) is 2.85. The molecule has 0 saturated heterocycles. The second kappa shape index (κ2) is 3.60. The summed E-state index contributed by atoms with van der Waals surface area (Å²) in [6.07, 6.45) is 0. The van der Waals surface area contributed by atoms with Gasteiger partial charge in [0.05, 0.1) is 0 Å². The van der Waals surface area contributed by atoms with Gasteiger partial charge in [0.1, 0.15) is 0 Å². The van der Waals surface area contributed by atoms with Crippen molar-refractivity contribution in [2.24, 2.45) is 0 Å². The van der Waals surface area contributed by atoms with Crippen molar-refractivity contribution >= 4 is 26.7 Å². The monoisotopic (exact) mass is 219 g/mol. The quantitative estimate of drug-likeness (QED) is 0.586. The number of ether oxygens (including phenoxy) is 1. The molecule has 4 heteroatoms. The number of aryl methyl sites for hydroxylation is 1. The molecule has 0 bridgehead atoms. The van der Waals surface area contributed by atoms with Gasteiger partial charge in [-0.05, 0) is 0 Å². The minimum absolute atomic E-state index is 0.299. The molecule has 0 amide bonds. The van der Waals surface area contributed by atoms with Crippen LogP contribution in [0, 0.1) is 6.92 Å². The molecule has 0 aliphatic carbocycles. The number of carbonyl (C=O) groups is 1. The maximum atomic E-state index is 9.84. The Labute approximate surface area is 70.9 Å². The Balaban J connectivity index is 2.64. The summed E-state index contributed by atoms with van der Waals surface area (Å²) in [6, 6.07) is 1.89. The third-order valence-electron chi connectivity index (χ3n) is 1.30. The fourth-order valence-electron chi connectivity index (χ4n) is 0.747. The van der Waals surface area contributed by atoms with E-state index in [1.54, 1.807) is 0 Å². The molecule has 0 aliphatic rings. The molecule has 1 aromatic rings. The molecule has 1 rings (SSSR count). The van der Waals surface area contributed by atoms with Gasteiger partial charge < -0.3 is 0 Å². The average molecular weight is 218 g/mol. The van der Waals surface area contributed by atoms with E-state index < -0.39 is 0 Å². The van der Waals surface area contributed by atoms with Gasteiger partial charge in [-0.25, -0.2) is 0 Å². The predicted molar refractivity (Wildman–Crippen MR) is 43.4 cm³/mol. The zero-order valence-corrected chi connectivity index (χ0v) is 7.88. The van der Waals surface area contributed by atoms with Crippen LogP contribution in [-0.2, 0) is 16.1 Å². The molecule has 0 spiro atoms. The molecule has 3 nitrogen and oxygen atoms in total. The van der Waals surface area contributed by atoms with Crippen molar-refractivity contribution in [2.45, 2.75) is 13.5 Å². The molecule has 0 radical (unpaired) electrons. The Bertz CT molecular complexity index is 237. The Morgan fingerprint density at radius 3 is 3.00 bits per heavy atom. The van der Waals surface area contributed by atoms with E-state index in [1.165, 1.54) is 4.44 Å². The Morgan fingerprint density at radius 1 is 1.82 bits per heavy atom. The first kappa shape index (κ1) is 8.37. The van der Waals surface area contributed by atoms with Crippen molar-refractivity contribution in [3.8, 4) is 0 Å². The Kier molecular flexibility index (Phi) is 2.74. The van der Waals surface area contributed by atoms with Gasteiger partial charge in [-0.15, -0.1) is 0 Å². The van der Waals surface area contributed by atoms with Crippen molar-refractivity contribution in [2.75, 3.05) is 5.73 Å². The molecule has 60 valence electrons. The topological polar surface area (TPSA) is 52.3 Å². The normalized spacial score (nSPS) is 9.55. The van der Waals surface area contributed by atoms with E-state index in [4.69, 9.17) is 5.73 Å². The van der Waals surface area contributed by atoms with Crippen LogP contribution in [-0.4, -0.2) is 21.0 Å². The van der Waals surface area contributed by atoms with Crippen molar-refractivity contribution in [3.05, 3.63) is 14.9 Å². The molecular weight excluding hydrogens is 209 g/mol. The number of rotatable bonds is 3. The summed E-state index contributed by atoms with van der Waals surface area (Å²) in [7, 11) is 0. The van der Waals surface area contributed by atoms with Crippen molar-refractivity contribution in [1.82, 2.24) is 0 Å². The molecule has 0 aromatic carbocycles. The van der Waals surface area contributed by atoms with Crippen LogP contribution in [0.15, 0.2) is 6.07 Å². The first-order chi connectivity index (χ1) is 5.24. The maximum absolute atomic E-state index is 9.84. The molecular formula is C7H9NO2Se. The fraction of sp³-hybridized carbons (Fsp3) is 0.286. The second-order valence-corrected chi connectivity index (χ2v) is 4.94. The number of hydrogen-bond acceptors (Lipinski definition) is 3. The summed E-state index contributed by atoms with van der Waals surface area (Å²) in [5.74, 6) is 0. The molecule has 11 heavy (non-hydrogen) atoms. The molecule has 0 atom stereocenters. The van der Waals surface area contributed by atoms with Crippen LogP contribution in [0.3, 0.4) is 0 Å². The van der Waals surface area contributed by atoms with Crippen molar-refractivity contribution in [1.29, 1.82) is 0 Å². The minimum atomic E-state index is 0.299. The van der Waals surface area contributed by atoms with E-state index in [9.17, 15) is 4.79 Å². The molecule has 0 aliphatic heterocycles. The molecule has 0 fully saturated rings. The average Bonchev–Trinajstić information content (AvgIpc) is 2.28. The van der Waals surface area contributed by atoms with Gasteiger partial charge in [0.2, 0.25) is 0 Å². The number of nitrogen functional groups attached to an aromatic ring is 1. The van der Waals surface area contributed by atoms with Crippen LogP contribution in [0.4, 0.5) is 5.69 Å². The van der Waals surface area contributed by atoms with E-state index in [1.807, 2.05) is 13.0 Å². The van der Waals surface area contributed by atoms with E-state index >= 15 is 0 Å². The number of anilines is 1. The molecule has 2 N–H and O–H groups in total. The SMILES string of the molecule is Cc1[se]c(COC=O)cc1N. The Morgan fingerprint density at radius 2 is 2.55 bits per heavy atom. The van der Waals surface area contributed by atoms with Gasteiger partial charge in [-0.1, -0.05) is 0 Å². The van der Waals surface area contributed by atoms with E-state index in [0.29, 0.717) is 27.6 Å². The number of carbonyl (C=O) groups excluding carboxylic acids is 1. The van der Waals surface area contributed by atoms with Gasteiger partial charge in [-0.3, -0.25) is 0 Å². The predicted octanol–water partition coefficient (Wildman–Crippen LogP) is 0.307. The van der Waals surface area contributed by atoms with Crippen LogP contribution in [0.2, 0.25) is 0 Å². The standard InChI is InChI=1S/C7H9NO2Se/c1-5-7(8)2-6(11-5)3-10-4-9/h2,4H,3,8H2,1H3. The van der Waals surface area contributed by atoms with Gasteiger partial charge in [-0.2, -0.15) is 0 Å².